The fraction of sp³-hybridized carbons (Fsp3) is 0. The van der Waals surface area contributed by atoms with Gasteiger partial charge in [-0.25, -0.2) is 0 Å². The second kappa shape index (κ2) is 10.8. The standard InChI is InChI=1S/C48H31N3/c1-2-13-32(14-3-1)33-25-27-34(28-26-33)49-42-20-8-4-17-38(42)40-30-29-35(31-47(40)49)50-43-21-9-7-18-39(43)41-19-12-24-46(48(41)50)51-44-22-10-5-15-36(44)37-16-6-11-23-45(37)51/h1-31H. The number of rotatable bonds is 4. The van der Waals surface area contributed by atoms with Crippen LogP contribution in [0.2, 0.25) is 0 Å². The number of hydrogen-bond acceptors (Lipinski definition) is 0. The molecule has 11 aromatic rings. The summed E-state index contributed by atoms with van der Waals surface area (Å²) in [6, 6.07) is 68.4. The average Bonchev–Trinajstić information content (AvgIpc) is 3.84. The molecular weight excluding hydrogens is 619 g/mol. The Labute approximate surface area is 294 Å². The monoisotopic (exact) mass is 649 g/mol. The molecule has 0 unspecified atom stereocenters. The maximum Gasteiger partial charge on any atom is 0.0782 e. The lowest BCUT2D eigenvalue weighted by Crippen LogP contribution is -2.01. The molecule has 238 valence electrons. The van der Waals surface area contributed by atoms with E-state index in [-0.39, 0.29) is 0 Å². The first-order chi connectivity index (χ1) is 25.3. The molecule has 0 saturated carbocycles. The molecule has 0 bridgehead atoms. The highest BCUT2D eigenvalue weighted by Crippen LogP contribution is 2.41. The average molecular weight is 650 g/mol. The molecule has 0 atom stereocenters. The number of para-hydroxylation sites is 5. The summed E-state index contributed by atoms with van der Waals surface area (Å²) in [5.74, 6) is 0. The number of fused-ring (bicyclic) bond motifs is 9. The van der Waals surface area contributed by atoms with Gasteiger partial charge in [0.25, 0.3) is 0 Å². The van der Waals surface area contributed by atoms with E-state index < -0.39 is 0 Å². The van der Waals surface area contributed by atoms with Gasteiger partial charge < -0.3 is 13.7 Å². The maximum absolute atomic E-state index is 2.48. The number of aromatic nitrogens is 3. The van der Waals surface area contributed by atoms with Crippen LogP contribution in [0.1, 0.15) is 0 Å². The molecular formula is C48H31N3. The third kappa shape index (κ3) is 4.06. The number of hydrogen-bond donors (Lipinski definition) is 0. The Kier molecular flexibility index (Phi) is 5.96. The van der Waals surface area contributed by atoms with Gasteiger partial charge in [-0.05, 0) is 65.7 Å². The second-order valence-corrected chi connectivity index (χ2v) is 13.4. The molecule has 0 N–H and O–H groups in total. The van der Waals surface area contributed by atoms with E-state index in [1.54, 1.807) is 0 Å². The highest BCUT2D eigenvalue weighted by molar-refractivity contribution is 6.16. The van der Waals surface area contributed by atoms with Gasteiger partial charge in [0.15, 0.2) is 0 Å². The summed E-state index contributed by atoms with van der Waals surface area (Å²) in [6.07, 6.45) is 0. The van der Waals surface area contributed by atoms with Gasteiger partial charge in [0, 0.05) is 43.7 Å². The van der Waals surface area contributed by atoms with Crippen molar-refractivity contribution in [2.45, 2.75) is 0 Å². The van der Waals surface area contributed by atoms with Crippen molar-refractivity contribution in [1.82, 2.24) is 13.7 Å². The third-order valence-electron chi connectivity index (χ3n) is 10.6. The molecule has 8 aromatic carbocycles. The number of nitrogens with zero attached hydrogens (tertiary/aromatic N) is 3. The van der Waals surface area contributed by atoms with Crippen LogP contribution in [0.5, 0.6) is 0 Å². The van der Waals surface area contributed by atoms with Crippen molar-refractivity contribution in [3.63, 3.8) is 0 Å². The van der Waals surface area contributed by atoms with Crippen molar-refractivity contribution in [3.8, 4) is 28.2 Å². The lowest BCUT2D eigenvalue weighted by atomic mass is 10.1. The summed E-state index contributed by atoms with van der Waals surface area (Å²) in [6.45, 7) is 0. The Hall–Kier alpha value is -6.84. The Balaban J connectivity index is 1.21. The van der Waals surface area contributed by atoms with Crippen LogP contribution in [-0.2, 0) is 0 Å². The van der Waals surface area contributed by atoms with Crippen LogP contribution >= 0.6 is 0 Å². The number of benzene rings is 8. The molecule has 0 aliphatic carbocycles. The van der Waals surface area contributed by atoms with E-state index in [4.69, 9.17) is 0 Å². The van der Waals surface area contributed by atoms with Crippen LogP contribution < -0.4 is 0 Å². The Morgan fingerprint density at radius 3 is 1.33 bits per heavy atom. The smallest absolute Gasteiger partial charge is 0.0782 e. The molecule has 0 fully saturated rings. The predicted octanol–water partition coefficient (Wildman–Crippen LogP) is 12.6. The summed E-state index contributed by atoms with van der Waals surface area (Å²) >= 11 is 0. The molecule has 11 rings (SSSR count). The molecule has 3 heterocycles. The van der Waals surface area contributed by atoms with Gasteiger partial charge in [-0.15, -0.1) is 0 Å². The van der Waals surface area contributed by atoms with Crippen LogP contribution in [0.4, 0.5) is 0 Å². The Morgan fingerprint density at radius 2 is 0.706 bits per heavy atom. The van der Waals surface area contributed by atoms with Crippen LogP contribution in [0.15, 0.2) is 188 Å². The first-order valence-electron chi connectivity index (χ1n) is 17.5. The van der Waals surface area contributed by atoms with E-state index in [2.05, 4.69) is 202 Å². The summed E-state index contributed by atoms with van der Waals surface area (Å²) < 4.78 is 7.35. The summed E-state index contributed by atoms with van der Waals surface area (Å²) in [5, 5.41) is 7.49. The molecule has 0 saturated heterocycles. The van der Waals surface area contributed by atoms with Crippen molar-refractivity contribution in [2.24, 2.45) is 0 Å². The first-order valence-corrected chi connectivity index (χ1v) is 17.5. The zero-order valence-electron chi connectivity index (χ0n) is 27.7. The van der Waals surface area contributed by atoms with E-state index in [0.29, 0.717) is 0 Å². The zero-order chi connectivity index (χ0) is 33.5. The Morgan fingerprint density at radius 1 is 0.255 bits per heavy atom. The molecule has 0 amide bonds. The lowest BCUT2D eigenvalue weighted by molar-refractivity contribution is 1.13. The minimum atomic E-state index is 1.13. The zero-order valence-corrected chi connectivity index (χ0v) is 27.7. The van der Waals surface area contributed by atoms with Gasteiger partial charge in [0.05, 0.1) is 38.8 Å². The van der Waals surface area contributed by atoms with Crippen LogP contribution in [0.3, 0.4) is 0 Å². The van der Waals surface area contributed by atoms with Gasteiger partial charge >= 0.3 is 0 Å². The highest BCUT2D eigenvalue weighted by Gasteiger charge is 2.21. The van der Waals surface area contributed by atoms with E-state index in [1.165, 1.54) is 82.2 Å². The molecule has 0 aliphatic heterocycles. The molecule has 0 spiro atoms. The molecule has 3 nitrogen and oxygen atoms in total. The molecule has 0 aliphatic rings. The van der Waals surface area contributed by atoms with E-state index in [0.717, 1.165) is 11.4 Å². The fourth-order valence-electron chi connectivity index (χ4n) is 8.44. The van der Waals surface area contributed by atoms with E-state index in [1.807, 2.05) is 0 Å². The Bertz CT molecular complexity index is 3070. The summed E-state index contributed by atoms with van der Waals surface area (Å²) in [5.41, 5.74) is 13.1. The van der Waals surface area contributed by atoms with E-state index >= 15 is 0 Å². The van der Waals surface area contributed by atoms with Crippen LogP contribution in [0, 0.1) is 0 Å². The van der Waals surface area contributed by atoms with Gasteiger partial charge in [0.2, 0.25) is 0 Å². The first kappa shape index (κ1) is 28.0. The van der Waals surface area contributed by atoms with Gasteiger partial charge in [0.1, 0.15) is 0 Å². The molecule has 51 heavy (non-hydrogen) atoms. The van der Waals surface area contributed by atoms with Crippen molar-refractivity contribution < 1.29 is 0 Å². The predicted molar refractivity (Wildman–Crippen MR) is 215 cm³/mol. The molecule has 0 radical (unpaired) electrons. The third-order valence-corrected chi connectivity index (χ3v) is 10.6. The SMILES string of the molecule is c1ccc(-c2ccc(-n3c4ccccc4c4ccc(-n5c6ccccc6c6cccc(-n7c8ccccc8c8ccccc87)c65)cc43)cc2)cc1. The van der Waals surface area contributed by atoms with Crippen molar-refractivity contribution in [2.75, 3.05) is 0 Å². The van der Waals surface area contributed by atoms with Gasteiger partial charge in [-0.2, -0.15) is 0 Å². The van der Waals surface area contributed by atoms with Crippen LogP contribution in [0.25, 0.3) is 93.6 Å². The topological polar surface area (TPSA) is 14.8 Å². The minimum absolute atomic E-state index is 1.13. The van der Waals surface area contributed by atoms with Crippen molar-refractivity contribution >= 4 is 65.4 Å². The second-order valence-electron chi connectivity index (χ2n) is 13.4. The normalized spacial score (nSPS) is 11.9. The van der Waals surface area contributed by atoms with Crippen molar-refractivity contribution in [3.05, 3.63) is 188 Å². The van der Waals surface area contributed by atoms with Gasteiger partial charge in [-0.1, -0.05) is 133 Å². The maximum atomic E-state index is 2.48. The highest BCUT2D eigenvalue weighted by atomic mass is 15.1. The minimum Gasteiger partial charge on any atom is -0.309 e. The lowest BCUT2D eigenvalue weighted by Gasteiger charge is -2.15. The molecule has 3 aromatic heterocycles. The summed E-state index contributed by atoms with van der Waals surface area (Å²) in [7, 11) is 0. The van der Waals surface area contributed by atoms with Crippen molar-refractivity contribution in [1.29, 1.82) is 0 Å². The van der Waals surface area contributed by atoms with Gasteiger partial charge in [-0.3, -0.25) is 0 Å². The quantitative estimate of drug-likeness (QED) is 0.180. The largest absolute Gasteiger partial charge is 0.309 e. The molecule has 3 heteroatoms. The summed E-state index contributed by atoms with van der Waals surface area (Å²) in [4.78, 5) is 0. The van der Waals surface area contributed by atoms with E-state index in [9.17, 15) is 0 Å². The van der Waals surface area contributed by atoms with Crippen LogP contribution in [-0.4, -0.2) is 13.7 Å². The fourth-order valence-corrected chi connectivity index (χ4v) is 8.44.